The third-order valence-electron chi connectivity index (χ3n) is 3.34. The van der Waals surface area contributed by atoms with Gasteiger partial charge in [0.1, 0.15) is 0 Å². The molecule has 4 nitrogen and oxygen atoms in total. The number of esters is 1. The second-order valence-corrected chi connectivity index (χ2v) is 4.29. The summed E-state index contributed by atoms with van der Waals surface area (Å²) in [6, 6.07) is 3.84. The molecule has 1 aromatic heterocycles. The van der Waals surface area contributed by atoms with Crippen LogP contribution < -0.4 is 5.32 Å². The molecular formula is C13H19ClN2O2. The van der Waals surface area contributed by atoms with Crippen LogP contribution in [0.25, 0.3) is 0 Å². The van der Waals surface area contributed by atoms with Crippen LogP contribution in [0.4, 0.5) is 0 Å². The zero-order chi connectivity index (χ0) is 12.1. The van der Waals surface area contributed by atoms with E-state index < -0.39 is 5.41 Å². The van der Waals surface area contributed by atoms with Gasteiger partial charge in [-0.3, -0.25) is 9.78 Å². The van der Waals surface area contributed by atoms with Crippen molar-refractivity contribution in [2.24, 2.45) is 0 Å². The number of hydrogen-bond acceptors (Lipinski definition) is 4. The number of carbonyl (C=O) groups is 1. The fourth-order valence-electron chi connectivity index (χ4n) is 2.38. The highest BCUT2D eigenvalue weighted by molar-refractivity contribution is 5.85. The quantitative estimate of drug-likeness (QED) is 0.850. The maximum Gasteiger partial charge on any atom is 0.316 e. The minimum absolute atomic E-state index is 0. The summed E-state index contributed by atoms with van der Waals surface area (Å²) in [5.41, 5.74) is 0.468. The van der Waals surface area contributed by atoms with E-state index in [1.165, 1.54) is 0 Å². The Balaban J connectivity index is 0.00000162. The van der Waals surface area contributed by atoms with E-state index in [0.717, 1.165) is 31.5 Å². The summed E-state index contributed by atoms with van der Waals surface area (Å²) in [5, 5.41) is 3.28. The van der Waals surface area contributed by atoms with Crippen LogP contribution in [0.1, 0.15) is 25.3 Å². The van der Waals surface area contributed by atoms with Crippen LogP contribution in [0.2, 0.25) is 0 Å². The van der Waals surface area contributed by atoms with Crippen molar-refractivity contribution in [3.63, 3.8) is 0 Å². The lowest BCUT2D eigenvalue weighted by atomic mass is 9.74. The molecule has 1 fully saturated rings. The molecule has 0 unspecified atom stereocenters. The average Bonchev–Trinajstić information content (AvgIpc) is 2.41. The summed E-state index contributed by atoms with van der Waals surface area (Å²) in [7, 11) is 0. The van der Waals surface area contributed by atoms with Crippen LogP contribution in [0.5, 0.6) is 0 Å². The van der Waals surface area contributed by atoms with Crippen molar-refractivity contribution >= 4 is 18.4 Å². The second-order valence-electron chi connectivity index (χ2n) is 4.29. The van der Waals surface area contributed by atoms with E-state index in [2.05, 4.69) is 10.3 Å². The Labute approximate surface area is 114 Å². The minimum atomic E-state index is -0.504. The largest absolute Gasteiger partial charge is 0.465 e. The van der Waals surface area contributed by atoms with Crippen LogP contribution in [0.3, 0.4) is 0 Å². The summed E-state index contributed by atoms with van der Waals surface area (Å²) in [6.07, 6.45) is 5.06. The molecule has 1 N–H and O–H groups in total. The Bertz CT molecular complexity index is 378. The lowest BCUT2D eigenvalue weighted by Crippen LogP contribution is -2.46. The summed E-state index contributed by atoms with van der Waals surface area (Å²) in [4.78, 5) is 16.4. The Morgan fingerprint density at radius 1 is 1.50 bits per heavy atom. The van der Waals surface area contributed by atoms with Crippen molar-refractivity contribution in [1.82, 2.24) is 10.3 Å². The Kier molecular flexibility index (Phi) is 5.56. The van der Waals surface area contributed by atoms with E-state index >= 15 is 0 Å². The molecule has 2 heterocycles. The Hall–Kier alpha value is -1.13. The van der Waals surface area contributed by atoms with Gasteiger partial charge in [-0.25, -0.2) is 0 Å². The van der Waals surface area contributed by atoms with Gasteiger partial charge in [0.05, 0.1) is 12.0 Å². The fourth-order valence-corrected chi connectivity index (χ4v) is 2.38. The molecular weight excluding hydrogens is 252 g/mol. The van der Waals surface area contributed by atoms with Crippen molar-refractivity contribution < 1.29 is 9.53 Å². The molecule has 0 radical (unpaired) electrons. The van der Waals surface area contributed by atoms with Crippen LogP contribution in [0, 0.1) is 0 Å². The first kappa shape index (κ1) is 14.9. The van der Waals surface area contributed by atoms with Gasteiger partial charge in [-0.1, -0.05) is 6.07 Å². The van der Waals surface area contributed by atoms with Gasteiger partial charge in [0, 0.05) is 12.4 Å². The summed E-state index contributed by atoms with van der Waals surface area (Å²) in [6.45, 7) is 3.95. The molecule has 0 spiro atoms. The Morgan fingerprint density at radius 2 is 2.22 bits per heavy atom. The lowest BCUT2D eigenvalue weighted by Gasteiger charge is -2.35. The van der Waals surface area contributed by atoms with Crippen molar-refractivity contribution in [3.8, 4) is 0 Å². The molecule has 0 bridgehead atoms. The third-order valence-corrected chi connectivity index (χ3v) is 3.34. The molecule has 0 amide bonds. The standard InChI is InChI=1S/C13H18N2O2.ClH/c1-2-17-12(16)13(5-8-14-9-6-13)11-4-3-7-15-10-11;/h3-4,7,10,14H,2,5-6,8-9H2,1H3;1H. The van der Waals surface area contributed by atoms with E-state index in [0.29, 0.717) is 6.61 Å². The van der Waals surface area contributed by atoms with Gasteiger partial charge in [-0.05, 0) is 44.5 Å². The normalized spacial score (nSPS) is 17.6. The van der Waals surface area contributed by atoms with Gasteiger partial charge < -0.3 is 10.1 Å². The number of aromatic nitrogens is 1. The van der Waals surface area contributed by atoms with Gasteiger partial charge in [-0.15, -0.1) is 12.4 Å². The number of hydrogen-bond donors (Lipinski definition) is 1. The van der Waals surface area contributed by atoms with Crippen molar-refractivity contribution in [2.45, 2.75) is 25.2 Å². The first-order chi connectivity index (χ1) is 8.29. The van der Waals surface area contributed by atoms with E-state index in [-0.39, 0.29) is 18.4 Å². The maximum absolute atomic E-state index is 12.2. The monoisotopic (exact) mass is 270 g/mol. The summed E-state index contributed by atoms with van der Waals surface area (Å²) in [5.74, 6) is -0.116. The number of nitrogens with one attached hydrogen (secondary N) is 1. The van der Waals surface area contributed by atoms with Gasteiger partial charge in [-0.2, -0.15) is 0 Å². The molecule has 1 aliphatic heterocycles. The first-order valence-corrected chi connectivity index (χ1v) is 6.08. The van der Waals surface area contributed by atoms with E-state index in [1.54, 1.807) is 12.4 Å². The summed E-state index contributed by atoms with van der Waals surface area (Å²) >= 11 is 0. The van der Waals surface area contributed by atoms with Crippen molar-refractivity contribution in [1.29, 1.82) is 0 Å². The number of halogens is 1. The van der Waals surface area contributed by atoms with E-state index in [4.69, 9.17) is 4.74 Å². The Morgan fingerprint density at radius 3 is 2.78 bits per heavy atom. The molecule has 1 saturated heterocycles. The highest BCUT2D eigenvalue weighted by Crippen LogP contribution is 2.34. The lowest BCUT2D eigenvalue weighted by molar-refractivity contribution is -0.151. The number of piperidine rings is 1. The predicted molar refractivity (Wildman–Crippen MR) is 71.9 cm³/mol. The number of pyridine rings is 1. The zero-order valence-electron chi connectivity index (χ0n) is 10.5. The molecule has 5 heteroatoms. The van der Waals surface area contributed by atoms with Gasteiger partial charge in [0.25, 0.3) is 0 Å². The molecule has 0 aliphatic carbocycles. The van der Waals surface area contributed by atoms with Crippen LogP contribution >= 0.6 is 12.4 Å². The van der Waals surface area contributed by atoms with E-state index in [1.807, 2.05) is 19.1 Å². The second kappa shape index (κ2) is 6.71. The molecule has 0 saturated carbocycles. The van der Waals surface area contributed by atoms with Crippen LogP contribution in [-0.4, -0.2) is 30.6 Å². The van der Waals surface area contributed by atoms with Crippen LogP contribution in [0.15, 0.2) is 24.5 Å². The maximum atomic E-state index is 12.2. The van der Waals surface area contributed by atoms with Crippen LogP contribution in [-0.2, 0) is 14.9 Å². The van der Waals surface area contributed by atoms with Gasteiger partial charge >= 0.3 is 5.97 Å². The molecule has 1 aliphatic rings. The average molecular weight is 271 g/mol. The highest BCUT2D eigenvalue weighted by atomic mass is 35.5. The number of ether oxygens (including phenoxy) is 1. The third kappa shape index (κ3) is 2.82. The predicted octanol–water partition coefficient (Wildman–Crippen LogP) is 1.69. The summed E-state index contributed by atoms with van der Waals surface area (Å²) < 4.78 is 5.24. The molecule has 0 atom stereocenters. The molecule has 0 aromatic carbocycles. The van der Waals surface area contributed by atoms with Crippen molar-refractivity contribution in [3.05, 3.63) is 30.1 Å². The topological polar surface area (TPSA) is 51.2 Å². The van der Waals surface area contributed by atoms with E-state index in [9.17, 15) is 4.79 Å². The smallest absolute Gasteiger partial charge is 0.316 e. The van der Waals surface area contributed by atoms with Gasteiger partial charge in [0.15, 0.2) is 0 Å². The first-order valence-electron chi connectivity index (χ1n) is 6.08. The minimum Gasteiger partial charge on any atom is -0.465 e. The SMILES string of the molecule is CCOC(=O)C1(c2cccnc2)CCNCC1.Cl. The fraction of sp³-hybridized carbons (Fsp3) is 0.538. The zero-order valence-corrected chi connectivity index (χ0v) is 11.3. The number of carbonyl (C=O) groups excluding carboxylic acids is 1. The molecule has 1 aromatic rings. The number of rotatable bonds is 3. The van der Waals surface area contributed by atoms with Gasteiger partial charge in [0.2, 0.25) is 0 Å². The van der Waals surface area contributed by atoms with Crippen molar-refractivity contribution in [2.75, 3.05) is 19.7 Å². The molecule has 18 heavy (non-hydrogen) atoms. The molecule has 100 valence electrons. The molecule has 2 rings (SSSR count). The number of nitrogens with zero attached hydrogens (tertiary/aromatic N) is 1. The highest BCUT2D eigenvalue weighted by Gasteiger charge is 2.42.